The smallest absolute Gasteiger partial charge is 0.211 e. The molecule has 0 saturated carbocycles. The summed E-state index contributed by atoms with van der Waals surface area (Å²) in [4.78, 5) is 2.16. The molecule has 2 fully saturated rings. The van der Waals surface area contributed by atoms with Crippen LogP contribution in [-0.4, -0.2) is 75.5 Å². The van der Waals surface area contributed by atoms with E-state index < -0.39 is 15.6 Å². The summed E-state index contributed by atoms with van der Waals surface area (Å²) in [6.07, 6.45) is 4.72. The van der Waals surface area contributed by atoms with Crippen molar-refractivity contribution < 1.29 is 22.3 Å². The molecule has 0 bridgehead atoms. The molecule has 24 heavy (non-hydrogen) atoms. The van der Waals surface area contributed by atoms with Gasteiger partial charge in [-0.3, -0.25) is 4.90 Å². The van der Waals surface area contributed by atoms with Crippen LogP contribution in [-0.2, 0) is 26.0 Å². The minimum Gasteiger partial charge on any atom is -0.468 e. The molecule has 0 aliphatic carbocycles. The first-order valence-corrected chi connectivity index (χ1v) is 10.1. The van der Waals surface area contributed by atoms with Gasteiger partial charge in [0, 0.05) is 19.6 Å². The summed E-state index contributed by atoms with van der Waals surface area (Å²) in [5.41, 5.74) is -0.518. The van der Waals surface area contributed by atoms with E-state index in [1.54, 1.807) is 6.26 Å². The molecule has 2 aliphatic rings. The number of hydrogen-bond acceptors (Lipinski definition) is 6. The van der Waals surface area contributed by atoms with E-state index in [0.717, 1.165) is 31.7 Å². The molecule has 0 aromatic carbocycles. The highest BCUT2D eigenvalue weighted by atomic mass is 32.2. The molecule has 8 heteroatoms. The topological polar surface area (TPSA) is 72.2 Å². The second kappa shape index (κ2) is 7.13. The van der Waals surface area contributed by atoms with Gasteiger partial charge in [0.15, 0.2) is 0 Å². The van der Waals surface area contributed by atoms with Gasteiger partial charge >= 0.3 is 0 Å². The number of rotatable bonds is 5. The molecule has 0 unspecified atom stereocenters. The van der Waals surface area contributed by atoms with E-state index in [-0.39, 0.29) is 6.10 Å². The van der Waals surface area contributed by atoms with Crippen LogP contribution in [0, 0.1) is 0 Å². The van der Waals surface area contributed by atoms with Gasteiger partial charge in [-0.15, -0.1) is 0 Å². The molecule has 0 amide bonds. The number of furan rings is 1. The Hall–Kier alpha value is -0.930. The summed E-state index contributed by atoms with van der Waals surface area (Å²) in [6.45, 7) is 3.16. The number of ether oxygens (including phenoxy) is 2. The van der Waals surface area contributed by atoms with Gasteiger partial charge in [-0.2, -0.15) is 4.31 Å². The van der Waals surface area contributed by atoms with E-state index in [0.29, 0.717) is 26.3 Å². The van der Waals surface area contributed by atoms with Gasteiger partial charge in [-0.25, -0.2) is 8.42 Å². The maximum atomic E-state index is 11.9. The maximum absolute atomic E-state index is 11.9. The number of likely N-dealkylation sites (N-methyl/N-ethyl adjacent to an activating group) is 1. The average Bonchev–Trinajstić information content (AvgIpc) is 3.06. The lowest BCUT2D eigenvalue weighted by Crippen LogP contribution is -2.46. The molecular weight excluding hydrogens is 332 g/mol. The van der Waals surface area contributed by atoms with E-state index in [1.165, 1.54) is 10.6 Å². The van der Waals surface area contributed by atoms with Crippen LogP contribution >= 0.6 is 0 Å². The van der Waals surface area contributed by atoms with Gasteiger partial charge in [0.25, 0.3) is 0 Å². The molecule has 0 radical (unpaired) electrons. The summed E-state index contributed by atoms with van der Waals surface area (Å²) in [5, 5.41) is 0. The van der Waals surface area contributed by atoms with Crippen LogP contribution in [0.2, 0.25) is 0 Å². The van der Waals surface area contributed by atoms with Gasteiger partial charge in [-0.1, -0.05) is 0 Å². The van der Waals surface area contributed by atoms with Crippen LogP contribution in [0.15, 0.2) is 22.8 Å². The molecular formula is C16H26N2O5S. The molecule has 3 heterocycles. The first-order valence-electron chi connectivity index (χ1n) is 8.28. The van der Waals surface area contributed by atoms with Crippen molar-refractivity contribution in [3.05, 3.63) is 24.2 Å². The molecule has 1 aromatic rings. The Kier molecular flexibility index (Phi) is 5.31. The number of sulfonamides is 1. The lowest BCUT2D eigenvalue weighted by molar-refractivity contribution is -0.0874. The molecule has 2 saturated heterocycles. The Morgan fingerprint density at radius 1 is 1.46 bits per heavy atom. The van der Waals surface area contributed by atoms with E-state index in [2.05, 4.69) is 4.90 Å². The van der Waals surface area contributed by atoms with Gasteiger partial charge < -0.3 is 13.9 Å². The summed E-state index contributed by atoms with van der Waals surface area (Å²) in [5.74, 6) is 0.922. The van der Waals surface area contributed by atoms with Crippen LogP contribution in [0.5, 0.6) is 0 Å². The number of nitrogens with zero attached hydrogens (tertiary/aromatic N) is 2. The second-order valence-corrected chi connectivity index (χ2v) is 8.87. The third-order valence-corrected chi connectivity index (χ3v) is 5.89. The highest BCUT2D eigenvalue weighted by Gasteiger charge is 2.44. The lowest BCUT2D eigenvalue weighted by Gasteiger charge is -2.31. The van der Waals surface area contributed by atoms with Crippen LogP contribution in [0.25, 0.3) is 0 Å². The summed E-state index contributed by atoms with van der Waals surface area (Å²) >= 11 is 0. The van der Waals surface area contributed by atoms with Gasteiger partial charge in [0.1, 0.15) is 11.4 Å². The van der Waals surface area contributed by atoms with Crippen molar-refractivity contribution in [3.8, 4) is 0 Å². The van der Waals surface area contributed by atoms with Crippen molar-refractivity contribution >= 4 is 10.0 Å². The molecule has 2 atom stereocenters. The maximum Gasteiger partial charge on any atom is 0.211 e. The van der Waals surface area contributed by atoms with Crippen molar-refractivity contribution in [2.45, 2.75) is 31.1 Å². The molecule has 3 rings (SSSR count). The van der Waals surface area contributed by atoms with Crippen LogP contribution < -0.4 is 0 Å². The van der Waals surface area contributed by atoms with Crippen molar-refractivity contribution in [2.24, 2.45) is 0 Å². The zero-order valence-corrected chi connectivity index (χ0v) is 15.1. The fraction of sp³-hybridized carbons (Fsp3) is 0.750. The first kappa shape index (κ1) is 17.9. The van der Waals surface area contributed by atoms with Crippen molar-refractivity contribution in [3.63, 3.8) is 0 Å². The van der Waals surface area contributed by atoms with Crippen LogP contribution in [0.3, 0.4) is 0 Å². The monoisotopic (exact) mass is 358 g/mol. The Bertz CT molecular complexity index is 633. The third-order valence-electron chi connectivity index (χ3n) is 4.64. The lowest BCUT2D eigenvalue weighted by atomic mass is 10.0. The molecule has 1 aromatic heterocycles. The Balaban J connectivity index is 1.58. The quantitative estimate of drug-likeness (QED) is 0.779. The third kappa shape index (κ3) is 4.37. The van der Waals surface area contributed by atoms with E-state index in [9.17, 15) is 8.42 Å². The summed E-state index contributed by atoms with van der Waals surface area (Å²) < 4.78 is 42.6. The Morgan fingerprint density at radius 2 is 2.29 bits per heavy atom. The van der Waals surface area contributed by atoms with Crippen LogP contribution in [0.1, 0.15) is 18.6 Å². The zero-order valence-electron chi connectivity index (χ0n) is 14.3. The van der Waals surface area contributed by atoms with Gasteiger partial charge in [0.2, 0.25) is 10.0 Å². The SMILES string of the molecule is CN(Cc1ccco1)C[C@H]1CC[C@]2(COCCN(S(C)(=O)=O)C2)O1. The van der Waals surface area contributed by atoms with E-state index in [1.807, 2.05) is 19.2 Å². The predicted molar refractivity (Wildman–Crippen MR) is 89.1 cm³/mol. The highest BCUT2D eigenvalue weighted by molar-refractivity contribution is 7.88. The minimum absolute atomic E-state index is 0.0769. The summed E-state index contributed by atoms with van der Waals surface area (Å²) in [6, 6.07) is 3.84. The normalized spacial score (nSPS) is 29.4. The van der Waals surface area contributed by atoms with Crippen molar-refractivity contribution in [2.75, 3.05) is 46.2 Å². The highest BCUT2D eigenvalue weighted by Crippen LogP contribution is 2.34. The molecule has 136 valence electrons. The van der Waals surface area contributed by atoms with Crippen molar-refractivity contribution in [1.29, 1.82) is 0 Å². The number of hydrogen-bond donors (Lipinski definition) is 0. The fourth-order valence-electron chi connectivity index (χ4n) is 3.48. The Morgan fingerprint density at radius 3 is 3.00 bits per heavy atom. The molecule has 7 nitrogen and oxygen atoms in total. The van der Waals surface area contributed by atoms with Crippen molar-refractivity contribution in [1.82, 2.24) is 9.21 Å². The van der Waals surface area contributed by atoms with E-state index in [4.69, 9.17) is 13.9 Å². The van der Waals surface area contributed by atoms with Gasteiger partial charge in [0.05, 0.1) is 38.4 Å². The average molecular weight is 358 g/mol. The standard InChI is InChI=1S/C16H26N2O5S/c1-17(10-14-4-3-8-22-14)11-15-5-6-16(23-15)12-18(24(2,19)20)7-9-21-13-16/h3-4,8,15H,5-7,9-13H2,1-2H3/t15-,16+/m1/s1. The zero-order chi connectivity index (χ0) is 17.2. The van der Waals surface area contributed by atoms with E-state index >= 15 is 0 Å². The first-order chi connectivity index (χ1) is 11.4. The molecule has 1 spiro atoms. The molecule has 2 aliphatic heterocycles. The second-order valence-electron chi connectivity index (χ2n) is 6.89. The predicted octanol–water partition coefficient (Wildman–Crippen LogP) is 0.921. The Labute approximate surface area is 143 Å². The van der Waals surface area contributed by atoms with Gasteiger partial charge in [-0.05, 0) is 32.0 Å². The van der Waals surface area contributed by atoms with Crippen LogP contribution in [0.4, 0.5) is 0 Å². The summed E-state index contributed by atoms with van der Waals surface area (Å²) in [7, 11) is -1.21. The largest absolute Gasteiger partial charge is 0.468 e. The molecule has 0 N–H and O–H groups in total. The fourth-order valence-corrected chi connectivity index (χ4v) is 4.36. The minimum atomic E-state index is -3.24.